The lowest BCUT2D eigenvalue weighted by molar-refractivity contribution is 1.06. The van der Waals surface area contributed by atoms with Gasteiger partial charge in [-0.2, -0.15) is 0 Å². The fourth-order valence-electron chi connectivity index (χ4n) is 9.41. The number of aromatic nitrogens is 3. The van der Waals surface area contributed by atoms with Gasteiger partial charge in [0, 0.05) is 45.9 Å². The van der Waals surface area contributed by atoms with Crippen molar-refractivity contribution in [3.8, 4) is 28.3 Å². The Morgan fingerprint density at radius 1 is 0.534 bits per heavy atom. The Morgan fingerprint density at radius 3 is 1.74 bits per heavy atom. The highest BCUT2D eigenvalue weighted by atomic mass is 15.2. The topological polar surface area (TPSA) is 37.2 Å². The minimum atomic E-state index is -0.0672. The van der Waals surface area contributed by atoms with Crippen LogP contribution in [0.15, 0.2) is 176 Å². The Morgan fingerprint density at radius 2 is 1.12 bits per heavy atom. The molecule has 0 fully saturated rings. The van der Waals surface area contributed by atoms with Crippen molar-refractivity contribution in [1.82, 2.24) is 14.5 Å². The van der Waals surface area contributed by atoms with Gasteiger partial charge in [-0.3, -0.25) is 9.55 Å². The number of rotatable bonds is 6. The third-order valence-corrected chi connectivity index (χ3v) is 12.0. The van der Waals surface area contributed by atoms with Crippen LogP contribution in [0.2, 0.25) is 0 Å². The van der Waals surface area contributed by atoms with Crippen molar-refractivity contribution in [3.05, 3.63) is 193 Å². The van der Waals surface area contributed by atoms with Crippen molar-refractivity contribution < 1.29 is 0 Å². The van der Waals surface area contributed by atoms with Gasteiger partial charge in [0.05, 0.1) is 22.4 Å². The summed E-state index contributed by atoms with van der Waals surface area (Å²) in [7, 11) is 0. The van der Waals surface area contributed by atoms with Gasteiger partial charge < -0.3 is 9.80 Å². The Balaban J connectivity index is 1.24. The first-order valence-corrected chi connectivity index (χ1v) is 20.2. The van der Waals surface area contributed by atoms with E-state index in [1.165, 1.54) is 61.5 Å². The molecule has 7 aromatic carbocycles. The molecule has 2 aromatic heterocycles. The molecule has 2 aliphatic rings. The third kappa shape index (κ3) is 5.25. The number of para-hydroxylation sites is 5. The average molecular weight is 746 g/mol. The standard InChI is InChI=1S/C52H40BN5/c1-4-36-30-48-50-49(31-36)57(40-20-9-6-10-21-40)46-28-26-38(52-55-44-23-11-12-24-47(44)58(52)51-34(2)16-15-17-35(51)3)33-42(46)53(50)41-32-37(43-22-13-14-29-54-43)25-27-45(41)56(48)39-18-7-5-8-19-39/h5-33H,4H2,1-3H3. The molecule has 0 aliphatic carbocycles. The molecule has 2 aliphatic heterocycles. The van der Waals surface area contributed by atoms with Gasteiger partial charge in [-0.1, -0.05) is 97.9 Å². The number of anilines is 6. The Bertz CT molecular complexity index is 2990. The molecule has 5 nitrogen and oxygen atoms in total. The average Bonchev–Trinajstić information content (AvgIpc) is 3.65. The van der Waals surface area contributed by atoms with Crippen molar-refractivity contribution >= 4 is 68.3 Å². The van der Waals surface area contributed by atoms with Gasteiger partial charge >= 0.3 is 0 Å². The number of imidazole rings is 1. The van der Waals surface area contributed by atoms with Crippen LogP contribution in [0, 0.1) is 13.8 Å². The third-order valence-electron chi connectivity index (χ3n) is 12.0. The monoisotopic (exact) mass is 745 g/mol. The number of pyridine rings is 1. The maximum absolute atomic E-state index is 5.40. The summed E-state index contributed by atoms with van der Waals surface area (Å²) in [6.07, 6.45) is 2.80. The summed E-state index contributed by atoms with van der Waals surface area (Å²) in [4.78, 5) is 15.2. The van der Waals surface area contributed by atoms with E-state index in [-0.39, 0.29) is 6.71 Å². The van der Waals surface area contributed by atoms with Crippen LogP contribution in [0.4, 0.5) is 34.1 Å². The highest BCUT2D eigenvalue weighted by Gasteiger charge is 2.44. The summed E-state index contributed by atoms with van der Waals surface area (Å²) < 4.78 is 2.37. The van der Waals surface area contributed by atoms with E-state index in [1.807, 2.05) is 12.3 Å². The van der Waals surface area contributed by atoms with Crippen molar-refractivity contribution in [1.29, 1.82) is 0 Å². The summed E-state index contributed by atoms with van der Waals surface area (Å²) in [5, 5.41) is 0. The van der Waals surface area contributed by atoms with Gasteiger partial charge in [0.2, 0.25) is 0 Å². The van der Waals surface area contributed by atoms with Crippen LogP contribution in [-0.4, -0.2) is 21.2 Å². The normalized spacial score (nSPS) is 12.7. The highest BCUT2D eigenvalue weighted by Crippen LogP contribution is 2.45. The van der Waals surface area contributed by atoms with Crippen LogP contribution < -0.4 is 26.2 Å². The molecule has 0 bridgehead atoms. The SMILES string of the molecule is CCc1cc2c3c(c1)N(c1ccccc1)c1ccc(-c4nc5ccccc5n4-c4c(C)cccc4C)cc1B3c1cc(-c3ccccn3)ccc1N2c1ccccc1. The first-order chi connectivity index (χ1) is 28.6. The lowest BCUT2D eigenvalue weighted by Crippen LogP contribution is -2.61. The van der Waals surface area contributed by atoms with Crippen molar-refractivity contribution in [2.45, 2.75) is 27.2 Å². The summed E-state index contributed by atoms with van der Waals surface area (Å²) in [6.45, 7) is 6.59. The van der Waals surface area contributed by atoms with Crippen LogP contribution in [0.5, 0.6) is 0 Å². The van der Waals surface area contributed by atoms with Crippen LogP contribution in [0.3, 0.4) is 0 Å². The summed E-state index contributed by atoms with van der Waals surface area (Å²) >= 11 is 0. The molecule has 0 N–H and O–H groups in total. The molecule has 276 valence electrons. The van der Waals surface area contributed by atoms with Crippen LogP contribution in [0.1, 0.15) is 23.6 Å². The molecular weight excluding hydrogens is 705 g/mol. The van der Waals surface area contributed by atoms with Gasteiger partial charge in [-0.25, -0.2) is 4.98 Å². The molecule has 9 aromatic rings. The van der Waals surface area contributed by atoms with Gasteiger partial charge in [0.1, 0.15) is 5.82 Å². The highest BCUT2D eigenvalue weighted by molar-refractivity contribution is 7.00. The molecule has 6 heteroatoms. The molecule has 58 heavy (non-hydrogen) atoms. The first kappa shape index (κ1) is 34.1. The Labute approximate surface area is 339 Å². The lowest BCUT2D eigenvalue weighted by Gasteiger charge is -2.44. The number of aryl methyl sites for hydroxylation is 3. The van der Waals surface area contributed by atoms with Crippen molar-refractivity contribution in [2.75, 3.05) is 9.80 Å². The zero-order valence-corrected chi connectivity index (χ0v) is 32.8. The maximum Gasteiger partial charge on any atom is 0.252 e. The van der Waals surface area contributed by atoms with Gasteiger partial charge in [-0.15, -0.1) is 0 Å². The van der Waals surface area contributed by atoms with Crippen molar-refractivity contribution in [2.24, 2.45) is 0 Å². The second-order valence-corrected chi connectivity index (χ2v) is 15.4. The molecule has 0 saturated heterocycles. The summed E-state index contributed by atoms with van der Waals surface area (Å²) in [6, 6.07) is 61.7. The number of nitrogens with zero attached hydrogens (tertiary/aromatic N) is 5. The van der Waals surface area contributed by atoms with Crippen LogP contribution in [0.25, 0.3) is 39.4 Å². The summed E-state index contributed by atoms with van der Waals surface area (Å²) in [5.41, 5.74) is 20.9. The Hall–Kier alpha value is -7.18. The second-order valence-electron chi connectivity index (χ2n) is 15.4. The van der Waals surface area contributed by atoms with E-state index in [4.69, 9.17) is 9.97 Å². The number of hydrogen-bond acceptors (Lipinski definition) is 4. The molecule has 11 rings (SSSR count). The number of fused-ring (bicyclic) bond motifs is 5. The Kier molecular flexibility index (Phi) is 7.93. The maximum atomic E-state index is 5.40. The van der Waals surface area contributed by atoms with E-state index >= 15 is 0 Å². The predicted molar refractivity (Wildman–Crippen MR) is 243 cm³/mol. The predicted octanol–water partition coefficient (Wildman–Crippen LogP) is 11.0. The molecular formula is C52H40BN5. The fourth-order valence-corrected chi connectivity index (χ4v) is 9.41. The largest absolute Gasteiger partial charge is 0.311 e. The second kappa shape index (κ2) is 13.5. The van der Waals surface area contributed by atoms with Crippen LogP contribution >= 0.6 is 0 Å². The fraction of sp³-hybridized carbons (Fsp3) is 0.0769. The minimum absolute atomic E-state index is 0.0672. The van der Waals surface area contributed by atoms with E-state index in [0.29, 0.717) is 0 Å². The lowest BCUT2D eigenvalue weighted by atomic mass is 9.33. The number of benzene rings is 7. The first-order valence-electron chi connectivity index (χ1n) is 20.2. The van der Waals surface area contributed by atoms with E-state index in [2.05, 4.69) is 199 Å². The van der Waals surface area contributed by atoms with E-state index < -0.39 is 0 Å². The van der Waals surface area contributed by atoms with E-state index in [9.17, 15) is 0 Å². The molecule has 0 amide bonds. The van der Waals surface area contributed by atoms with Crippen molar-refractivity contribution in [3.63, 3.8) is 0 Å². The molecule has 0 atom stereocenters. The molecule has 0 spiro atoms. The van der Waals surface area contributed by atoms with Gasteiger partial charge in [0.15, 0.2) is 0 Å². The van der Waals surface area contributed by atoms with Crippen LogP contribution in [-0.2, 0) is 6.42 Å². The zero-order chi connectivity index (χ0) is 38.9. The molecule has 0 saturated carbocycles. The van der Waals surface area contributed by atoms with E-state index in [1.54, 1.807) is 0 Å². The minimum Gasteiger partial charge on any atom is -0.311 e. The zero-order valence-electron chi connectivity index (χ0n) is 32.8. The molecule has 0 unspecified atom stereocenters. The smallest absolute Gasteiger partial charge is 0.252 e. The summed E-state index contributed by atoms with van der Waals surface area (Å²) in [5.74, 6) is 0.934. The quantitative estimate of drug-likeness (QED) is 0.159. The van der Waals surface area contributed by atoms with E-state index in [0.717, 1.165) is 51.5 Å². The number of hydrogen-bond donors (Lipinski definition) is 0. The molecule has 4 heterocycles. The molecule has 0 radical (unpaired) electrons. The van der Waals surface area contributed by atoms with Gasteiger partial charge in [-0.05, 0) is 138 Å². The van der Waals surface area contributed by atoms with Gasteiger partial charge in [0.25, 0.3) is 6.71 Å².